The van der Waals surface area contributed by atoms with Gasteiger partial charge in [-0.2, -0.15) is 0 Å². The number of nitrogens with zero attached hydrogens (tertiary/aromatic N) is 2. The zero-order valence-electron chi connectivity index (χ0n) is 22.9. The van der Waals surface area contributed by atoms with E-state index in [9.17, 15) is 18.0 Å². The molecule has 0 radical (unpaired) electrons. The third-order valence-corrected chi connectivity index (χ3v) is 9.57. The van der Waals surface area contributed by atoms with E-state index in [-0.39, 0.29) is 29.1 Å². The molecule has 1 fully saturated rings. The predicted molar refractivity (Wildman–Crippen MR) is 161 cm³/mol. The molecule has 2 amide bonds. The molecule has 1 aliphatic rings. The Bertz CT molecular complexity index is 1460. The van der Waals surface area contributed by atoms with Crippen LogP contribution in [-0.4, -0.2) is 50.9 Å². The van der Waals surface area contributed by atoms with Gasteiger partial charge in [-0.15, -0.1) is 0 Å². The van der Waals surface area contributed by atoms with Crippen molar-refractivity contribution in [3.05, 3.63) is 88.4 Å². The summed E-state index contributed by atoms with van der Waals surface area (Å²) in [5.41, 5.74) is 0.849. The maximum Gasteiger partial charge on any atom is 0.264 e. The molecule has 3 aromatic carbocycles. The molecule has 1 unspecified atom stereocenters. The fourth-order valence-electron chi connectivity index (χ4n) is 4.80. The average molecular weight is 619 g/mol. The molecule has 1 saturated carbocycles. The molecule has 8 nitrogen and oxygen atoms in total. The molecule has 3 aromatic rings. The first-order valence-electron chi connectivity index (χ1n) is 13.4. The van der Waals surface area contributed by atoms with Crippen LogP contribution in [0.3, 0.4) is 0 Å². The second kappa shape index (κ2) is 13.6. The SMILES string of the molecule is COc1ccc(N(CC(=O)N(Cc2ccc(Cl)cc2Cl)C(C)C(=O)NC2CCCC2)S(=O)(=O)c2ccccc2)cc1. The van der Waals surface area contributed by atoms with E-state index in [1.165, 1.54) is 24.1 Å². The first-order valence-corrected chi connectivity index (χ1v) is 15.6. The quantitative estimate of drug-likeness (QED) is 0.299. The lowest BCUT2D eigenvalue weighted by molar-refractivity contribution is -0.139. The number of carbonyl (C=O) groups is 2. The number of methoxy groups -OCH3 is 1. The van der Waals surface area contributed by atoms with E-state index in [2.05, 4.69) is 5.32 Å². The first kappa shape index (κ1) is 30.7. The van der Waals surface area contributed by atoms with E-state index in [1.807, 2.05) is 0 Å². The zero-order chi connectivity index (χ0) is 29.6. The van der Waals surface area contributed by atoms with Gasteiger partial charge in [0.05, 0.1) is 17.7 Å². The highest BCUT2D eigenvalue weighted by atomic mass is 35.5. The Morgan fingerprint density at radius 3 is 2.27 bits per heavy atom. The van der Waals surface area contributed by atoms with Crippen LogP contribution in [0.4, 0.5) is 5.69 Å². The number of halogens is 2. The Balaban J connectivity index is 1.69. The molecule has 0 saturated heterocycles. The fourth-order valence-corrected chi connectivity index (χ4v) is 6.71. The van der Waals surface area contributed by atoms with Gasteiger partial charge in [-0.1, -0.05) is 60.3 Å². The Morgan fingerprint density at radius 2 is 1.66 bits per heavy atom. The molecule has 0 bridgehead atoms. The van der Waals surface area contributed by atoms with Gasteiger partial charge in [0, 0.05) is 22.6 Å². The number of hydrogen-bond acceptors (Lipinski definition) is 5. The highest BCUT2D eigenvalue weighted by molar-refractivity contribution is 7.92. The molecule has 1 atom stereocenters. The normalized spacial score (nSPS) is 14.3. The van der Waals surface area contributed by atoms with Gasteiger partial charge >= 0.3 is 0 Å². The Labute approximate surface area is 251 Å². The largest absolute Gasteiger partial charge is 0.497 e. The number of amides is 2. The summed E-state index contributed by atoms with van der Waals surface area (Å²) in [5.74, 6) is -0.342. The number of ether oxygens (including phenoxy) is 1. The molecule has 1 N–H and O–H groups in total. The average Bonchev–Trinajstić information content (AvgIpc) is 3.48. The lowest BCUT2D eigenvalue weighted by Crippen LogP contribution is -2.52. The van der Waals surface area contributed by atoms with Gasteiger partial charge in [-0.25, -0.2) is 8.42 Å². The second-order valence-electron chi connectivity index (χ2n) is 9.95. The Kier molecular flexibility index (Phi) is 10.2. The molecular formula is C30H33Cl2N3O5S. The van der Waals surface area contributed by atoms with Crippen molar-refractivity contribution in [2.24, 2.45) is 0 Å². The van der Waals surface area contributed by atoms with E-state index in [4.69, 9.17) is 27.9 Å². The van der Waals surface area contributed by atoms with Crippen molar-refractivity contribution >= 4 is 50.7 Å². The standard InChI is InChI=1S/C30H33Cl2N3O5S/c1-21(30(37)33-24-8-6-7-9-24)34(19-22-12-13-23(31)18-28(22)32)29(36)20-35(25-14-16-26(40-2)17-15-25)41(38,39)27-10-4-3-5-11-27/h3-5,10-18,21,24H,6-9,19-20H2,1-2H3,(H,33,37). The third-order valence-electron chi connectivity index (χ3n) is 7.20. The number of nitrogens with one attached hydrogen (secondary N) is 1. The lowest BCUT2D eigenvalue weighted by Gasteiger charge is -2.32. The zero-order valence-corrected chi connectivity index (χ0v) is 25.3. The highest BCUT2D eigenvalue weighted by Crippen LogP contribution is 2.28. The van der Waals surface area contributed by atoms with Crippen molar-refractivity contribution in [3.63, 3.8) is 0 Å². The van der Waals surface area contributed by atoms with E-state index in [0.717, 1.165) is 30.0 Å². The number of rotatable bonds is 11. The van der Waals surface area contributed by atoms with Gasteiger partial charge in [0.1, 0.15) is 18.3 Å². The van der Waals surface area contributed by atoms with E-state index in [1.54, 1.807) is 67.6 Å². The van der Waals surface area contributed by atoms with Crippen LogP contribution >= 0.6 is 23.2 Å². The van der Waals surface area contributed by atoms with Crippen LogP contribution in [-0.2, 0) is 26.2 Å². The van der Waals surface area contributed by atoms with E-state index < -0.39 is 28.5 Å². The molecule has 4 rings (SSSR count). The molecule has 218 valence electrons. The first-order chi connectivity index (χ1) is 19.6. The molecule has 1 aliphatic carbocycles. The van der Waals surface area contributed by atoms with Crippen LogP contribution < -0.4 is 14.4 Å². The van der Waals surface area contributed by atoms with Crippen LogP contribution in [0, 0.1) is 0 Å². The van der Waals surface area contributed by atoms with Crippen molar-refractivity contribution in [3.8, 4) is 5.75 Å². The van der Waals surface area contributed by atoms with Crippen LogP contribution in [0.15, 0.2) is 77.7 Å². The minimum Gasteiger partial charge on any atom is -0.497 e. The van der Waals surface area contributed by atoms with Gasteiger partial charge in [0.25, 0.3) is 10.0 Å². The number of hydrogen-bond donors (Lipinski definition) is 1. The molecular weight excluding hydrogens is 585 g/mol. The monoisotopic (exact) mass is 617 g/mol. The van der Waals surface area contributed by atoms with Crippen molar-refractivity contribution in [2.45, 2.75) is 56.1 Å². The smallest absolute Gasteiger partial charge is 0.264 e. The Hall–Kier alpha value is -3.27. The number of carbonyl (C=O) groups excluding carboxylic acids is 2. The summed E-state index contributed by atoms with van der Waals surface area (Å²) in [6.45, 7) is 1.07. The van der Waals surface area contributed by atoms with Crippen molar-refractivity contribution in [1.82, 2.24) is 10.2 Å². The summed E-state index contributed by atoms with van der Waals surface area (Å²) in [6, 6.07) is 18.3. The number of anilines is 1. The summed E-state index contributed by atoms with van der Waals surface area (Å²) in [4.78, 5) is 28.7. The minimum atomic E-state index is -4.15. The van der Waals surface area contributed by atoms with Gasteiger partial charge in [-0.3, -0.25) is 13.9 Å². The fraction of sp³-hybridized carbons (Fsp3) is 0.333. The highest BCUT2D eigenvalue weighted by Gasteiger charge is 2.33. The minimum absolute atomic E-state index is 0.0179. The maximum atomic E-state index is 14.0. The molecule has 0 heterocycles. The molecule has 41 heavy (non-hydrogen) atoms. The lowest BCUT2D eigenvalue weighted by atomic mass is 10.1. The van der Waals surface area contributed by atoms with Gasteiger partial charge < -0.3 is 15.0 Å². The Morgan fingerprint density at radius 1 is 1.00 bits per heavy atom. The predicted octanol–water partition coefficient (Wildman–Crippen LogP) is 5.67. The molecule has 0 spiro atoms. The maximum absolute atomic E-state index is 14.0. The second-order valence-corrected chi connectivity index (χ2v) is 12.7. The van der Waals surface area contributed by atoms with E-state index in [0.29, 0.717) is 21.4 Å². The molecule has 11 heteroatoms. The van der Waals surface area contributed by atoms with Gasteiger partial charge in [-0.05, 0) is 73.9 Å². The summed E-state index contributed by atoms with van der Waals surface area (Å²) >= 11 is 12.5. The van der Waals surface area contributed by atoms with Crippen LogP contribution in [0.25, 0.3) is 0 Å². The van der Waals surface area contributed by atoms with Crippen LogP contribution in [0.2, 0.25) is 10.0 Å². The summed E-state index contributed by atoms with van der Waals surface area (Å²) in [7, 11) is -2.64. The molecule has 0 aliphatic heterocycles. The number of benzene rings is 3. The summed E-state index contributed by atoms with van der Waals surface area (Å²) < 4.78 is 33.9. The third kappa shape index (κ3) is 7.52. The summed E-state index contributed by atoms with van der Waals surface area (Å²) in [6.07, 6.45) is 3.85. The van der Waals surface area contributed by atoms with Crippen molar-refractivity contribution < 1.29 is 22.7 Å². The van der Waals surface area contributed by atoms with Crippen LogP contribution in [0.1, 0.15) is 38.2 Å². The van der Waals surface area contributed by atoms with E-state index >= 15 is 0 Å². The van der Waals surface area contributed by atoms with Crippen molar-refractivity contribution in [2.75, 3.05) is 18.0 Å². The van der Waals surface area contributed by atoms with Crippen LogP contribution in [0.5, 0.6) is 5.75 Å². The molecule has 0 aromatic heterocycles. The summed E-state index contributed by atoms with van der Waals surface area (Å²) in [5, 5.41) is 3.81. The van der Waals surface area contributed by atoms with Crippen molar-refractivity contribution in [1.29, 1.82) is 0 Å². The van der Waals surface area contributed by atoms with Gasteiger partial charge in [0.2, 0.25) is 11.8 Å². The number of sulfonamides is 1. The topological polar surface area (TPSA) is 96.0 Å². The van der Waals surface area contributed by atoms with Gasteiger partial charge in [0.15, 0.2) is 0 Å².